The maximum Gasteiger partial charge on any atom is 0.267 e. The molecule has 0 saturated heterocycles. The predicted octanol–water partition coefficient (Wildman–Crippen LogP) is 2.10. The van der Waals surface area contributed by atoms with Crippen LogP contribution in [0, 0.1) is 13.8 Å². The lowest BCUT2D eigenvalue weighted by molar-refractivity contribution is 0.202. The molecule has 1 N–H and O–H groups in total. The molecule has 0 amide bonds. The van der Waals surface area contributed by atoms with Crippen LogP contribution in [-0.2, 0) is 26.7 Å². The minimum atomic E-state index is -3.78. The van der Waals surface area contributed by atoms with Gasteiger partial charge in [-0.25, -0.2) is 8.42 Å². The molecule has 0 spiro atoms. The van der Waals surface area contributed by atoms with Crippen LogP contribution in [0.4, 0.5) is 5.13 Å². The number of aryl methyl sites for hydroxylation is 1. The summed E-state index contributed by atoms with van der Waals surface area (Å²) in [5.74, 6) is 0. The number of sulfonamides is 1. The average Bonchev–Trinajstić information content (AvgIpc) is 2.99. The minimum absolute atomic E-state index is 0.186. The Kier molecular flexibility index (Phi) is 5.31. The highest BCUT2D eigenvalue weighted by Gasteiger charge is 2.29. The van der Waals surface area contributed by atoms with Gasteiger partial charge in [-0.05, 0) is 34.6 Å². The van der Waals surface area contributed by atoms with Gasteiger partial charge in [0.2, 0.25) is 5.13 Å². The fourth-order valence-electron chi connectivity index (χ4n) is 2.42. The second-order valence-electron chi connectivity index (χ2n) is 6.43. The summed E-state index contributed by atoms with van der Waals surface area (Å²) in [5.41, 5.74) is 0.745. The van der Waals surface area contributed by atoms with Crippen LogP contribution in [0.5, 0.6) is 0 Å². The highest BCUT2D eigenvalue weighted by atomic mass is 32.2. The summed E-state index contributed by atoms with van der Waals surface area (Å²) in [4.78, 5) is 0.186. The molecular weight excluding hydrogens is 350 g/mol. The molecular formula is C14H23N5O3S2. The molecule has 0 fully saturated rings. The van der Waals surface area contributed by atoms with E-state index in [-0.39, 0.29) is 15.6 Å². The Labute approximate surface area is 146 Å². The average molecular weight is 374 g/mol. The summed E-state index contributed by atoms with van der Waals surface area (Å²) in [5, 5.41) is 13.2. The van der Waals surface area contributed by atoms with E-state index in [1.807, 2.05) is 20.8 Å². The molecule has 24 heavy (non-hydrogen) atoms. The number of anilines is 1. The minimum Gasteiger partial charge on any atom is -0.384 e. The van der Waals surface area contributed by atoms with Crippen molar-refractivity contribution in [1.82, 2.24) is 20.0 Å². The number of hydrogen-bond acceptors (Lipinski definition) is 7. The molecule has 0 bridgehead atoms. The molecule has 0 saturated carbocycles. The van der Waals surface area contributed by atoms with E-state index in [4.69, 9.17) is 4.74 Å². The fourth-order valence-corrected chi connectivity index (χ4v) is 4.77. The maximum atomic E-state index is 12.8. The topological polar surface area (TPSA) is 99.0 Å². The molecule has 0 aromatic carbocycles. The van der Waals surface area contributed by atoms with Crippen LogP contribution in [0.3, 0.4) is 0 Å². The Morgan fingerprint density at radius 2 is 1.92 bits per heavy atom. The first-order chi connectivity index (χ1) is 11.1. The first-order valence-corrected chi connectivity index (χ1v) is 9.77. The van der Waals surface area contributed by atoms with Gasteiger partial charge >= 0.3 is 0 Å². The van der Waals surface area contributed by atoms with Crippen molar-refractivity contribution >= 4 is 26.5 Å². The number of rotatable bonds is 6. The number of aromatic nitrogens is 4. The normalized spacial score (nSPS) is 12.6. The van der Waals surface area contributed by atoms with Crippen molar-refractivity contribution in [3.05, 3.63) is 16.4 Å². The lowest BCUT2D eigenvalue weighted by Gasteiger charge is -2.21. The number of methoxy groups -OCH3 is 1. The number of ether oxygens (including phenoxy) is 1. The molecule has 134 valence electrons. The van der Waals surface area contributed by atoms with Crippen molar-refractivity contribution in [3.63, 3.8) is 0 Å². The third kappa shape index (κ3) is 3.93. The van der Waals surface area contributed by atoms with Crippen LogP contribution in [-0.4, -0.2) is 42.1 Å². The fraction of sp³-hybridized carbons (Fsp3) is 0.643. The van der Waals surface area contributed by atoms with E-state index in [0.29, 0.717) is 29.4 Å². The molecule has 2 rings (SSSR count). The van der Waals surface area contributed by atoms with Crippen LogP contribution in [0.2, 0.25) is 0 Å². The lowest BCUT2D eigenvalue weighted by Crippen LogP contribution is -2.25. The van der Waals surface area contributed by atoms with Crippen LogP contribution < -0.4 is 4.72 Å². The highest BCUT2D eigenvalue weighted by molar-refractivity contribution is 7.93. The Hall–Kier alpha value is -1.52. The van der Waals surface area contributed by atoms with Gasteiger partial charge in [-0.1, -0.05) is 11.3 Å². The van der Waals surface area contributed by atoms with Crippen LogP contribution >= 0.6 is 11.3 Å². The monoisotopic (exact) mass is 373 g/mol. The quantitative estimate of drug-likeness (QED) is 0.832. The molecule has 8 nitrogen and oxygen atoms in total. The van der Waals surface area contributed by atoms with Gasteiger partial charge in [0, 0.05) is 13.5 Å². The molecule has 0 aliphatic heterocycles. The van der Waals surface area contributed by atoms with Crippen molar-refractivity contribution in [3.8, 4) is 0 Å². The van der Waals surface area contributed by atoms with Gasteiger partial charge in [-0.15, -0.1) is 10.2 Å². The van der Waals surface area contributed by atoms with E-state index in [9.17, 15) is 8.42 Å². The lowest BCUT2D eigenvalue weighted by atomic mass is 10.1. The molecule has 2 heterocycles. The summed E-state index contributed by atoms with van der Waals surface area (Å²) in [6.07, 6.45) is 0.593. The van der Waals surface area contributed by atoms with Crippen molar-refractivity contribution < 1.29 is 13.2 Å². The second kappa shape index (κ2) is 6.77. The molecule has 0 aliphatic rings. The van der Waals surface area contributed by atoms with Crippen molar-refractivity contribution in [2.75, 3.05) is 18.4 Å². The van der Waals surface area contributed by atoms with Gasteiger partial charge in [-0.2, -0.15) is 5.10 Å². The number of hydrogen-bond donors (Lipinski definition) is 1. The summed E-state index contributed by atoms with van der Waals surface area (Å²) >= 11 is 1.20. The van der Waals surface area contributed by atoms with E-state index < -0.39 is 10.0 Å². The Bertz CT molecular complexity index is 818. The Morgan fingerprint density at radius 1 is 1.25 bits per heavy atom. The molecule has 0 atom stereocenters. The van der Waals surface area contributed by atoms with Gasteiger partial charge in [0.15, 0.2) is 0 Å². The largest absolute Gasteiger partial charge is 0.384 e. The van der Waals surface area contributed by atoms with E-state index in [2.05, 4.69) is 20.0 Å². The van der Waals surface area contributed by atoms with Crippen molar-refractivity contribution in [1.29, 1.82) is 0 Å². The Morgan fingerprint density at radius 3 is 2.46 bits per heavy atom. The SMILES string of the molecule is COCCc1nnc(NS(=O)(=O)c2c(C)nn(C(C)(C)C)c2C)s1. The zero-order chi connectivity index (χ0) is 18.1. The van der Waals surface area contributed by atoms with Crippen LogP contribution in [0.25, 0.3) is 0 Å². The van der Waals surface area contributed by atoms with Gasteiger partial charge in [0.25, 0.3) is 10.0 Å². The molecule has 10 heteroatoms. The summed E-state index contributed by atoms with van der Waals surface area (Å²) < 4.78 is 34.7. The van der Waals surface area contributed by atoms with Gasteiger partial charge < -0.3 is 4.74 Å². The summed E-state index contributed by atoms with van der Waals surface area (Å²) in [6, 6.07) is 0. The van der Waals surface area contributed by atoms with Crippen LogP contribution in [0.15, 0.2) is 4.90 Å². The van der Waals surface area contributed by atoms with E-state index >= 15 is 0 Å². The highest BCUT2D eigenvalue weighted by Crippen LogP contribution is 2.27. The zero-order valence-electron chi connectivity index (χ0n) is 14.7. The zero-order valence-corrected chi connectivity index (χ0v) is 16.4. The molecule has 2 aromatic rings. The third-order valence-electron chi connectivity index (χ3n) is 3.34. The molecule has 0 unspecified atom stereocenters. The molecule has 0 radical (unpaired) electrons. The van der Waals surface area contributed by atoms with Gasteiger partial charge in [0.1, 0.15) is 9.90 Å². The number of nitrogens with one attached hydrogen (secondary N) is 1. The van der Waals surface area contributed by atoms with Crippen molar-refractivity contribution in [2.24, 2.45) is 0 Å². The second-order valence-corrected chi connectivity index (χ2v) is 9.11. The Balaban J connectivity index is 2.31. The van der Waals surface area contributed by atoms with Crippen molar-refractivity contribution in [2.45, 2.75) is 51.5 Å². The van der Waals surface area contributed by atoms with Crippen LogP contribution in [0.1, 0.15) is 37.2 Å². The summed E-state index contributed by atoms with van der Waals surface area (Å²) in [7, 11) is -2.18. The smallest absolute Gasteiger partial charge is 0.267 e. The van der Waals surface area contributed by atoms with Gasteiger partial charge in [-0.3, -0.25) is 9.40 Å². The third-order valence-corrected chi connectivity index (χ3v) is 5.96. The van der Waals surface area contributed by atoms with E-state index in [1.54, 1.807) is 25.6 Å². The van der Waals surface area contributed by atoms with E-state index in [1.165, 1.54) is 11.3 Å². The first kappa shape index (κ1) is 18.8. The summed E-state index contributed by atoms with van der Waals surface area (Å²) in [6.45, 7) is 9.88. The maximum absolute atomic E-state index is 12.8. The van der Waals surface area contributed by atoms with E-state index in [0.717, 1.165) is 0 Å². The molecule has 2 aromatic heterocycles. The molecule has 0 aliphatic carbocycles. The first-order valence-electron chi connectivity index (χ1n) is 7.47. The predicted molar refractivity (Wildman–Crippen MR) is 93.0 cm³/mol. The number of nitrogens with zero attached hydrogens (tertiary/aromatic N) is 4. The van der Waals surface area contributed by atoms with Gasteiger partial charge in [0.05, 0.1) is 23.5 Å². The standard InChI is InChI=1S/C14H23N5O3S2/c1-9-12(10(2)19(17-9)14(3,4)5)24(20,21)18-13-16-15-11(23-13)7-8-22-6/h7-8H2,1-6H3,(H,16,18).